The van der Waals surface area contributed by atoms with Crippen LogP contribution in [0.1, 0.15) is 6.92 Å². The van der Waals surface area contributed by atoms with Crippen LogP contribution < -0.4 is 0 Å². The Morgan fingerprint density at radius 3 is 2.60 bits per heavy atom. The summed E-state index contributed by atoms with van der Waals surface area (Å²) in [5.74, 6) is 0.142. The van der Waals surface area contributed by atoms with Gasteiger partial charge in [-0.05, 0) is 11.5 Å². The number of hydrogen-bond acceptors (Lipinski definition) is 2. The molecule has 0 aliphatic carbocycles. The molecule has 0 fully saturated rings. The lowest BCUT2D eigenvalue weighted by Crippen LogP contribution is -1.95. The van der Waals surface area contributed by atoms with Crippen molar-refractivity contribution in [2.45, 2.75) is 6.92 Å². The van der Waals surface area contributed by atoms with Gasteiger partial charge >= 0.3 is 0 Å². The fraction of sp³-hybridized carbons (Fsp3) is 0.500. The molecule has 1 atom stereocenters. The van der Waals surface area contributed by atoms with Crippen molar-refractivity contribution < 1.29 is 10.2 Å². The third-order valence-electron chi connectivity index (χ3n) is 1.15. The van der Waals surface area contributed by atoms with E-state index in [2.05, 4.69) is 6.58 Å². The van der Waals surface area contributed by atoms with Crippen molar-refractivity contribution in [2.75, 3.05) is 13.2 Å². The molecule has 0 rings (SSSR count). The summed E-state index contributed by atoms with van der Waals surface area (Å²) in [7, 11) is 0. The maximum atomic E-state index is 8.58. The summed E-state index contributed by atoms with van der Waals surface area (Å²) in [5, 5.41) is 17.1. The molecule has 0 aliphatic heterocycles. The maximum absolute atomic E-state index is 8.58. The van der Waals surface area contributed by atoms with Crippen LogP contribution in [0.15, 0.2) is 24.3 Å². The Labute approximate surface area is 61.5 Å². The summed E-state index contributed by atoms with van der Waals surface area (Å²) in [6, 6.07) is 0. The van der Waals surface area contributed by atoms with E-state index >= 15 is 0 Å². The standard InChI is InChI=1S/C8H14O2/c1-7(5-9)3-4-8(2)6-10/h3-4,8-10H,1,5-6H2,2H3/b4-3+. The summed E-state index contributed by atoms with van der Waals surface area (Å²) in [5.41, 5.74) is 0.667. The summed E-state index contributed by atoms with van der Waals surface area (Å²) in [4.78, 5) is 0. The summed E-state index contributed by atoms with van der Waals surface area (Å²) in [6.07, 6.45) is 3.54. The molecule has 1 unspecified atom stereocenters. The first-order valence-corrected chi connectivity index (χ1v) is 3.28. The van der Waals surface area contributed by atoms with Gasteiger partial charge in [-0.3, -0.25) is 0 Å². The molecular weight excluding hydrogens is 128 g/mol. The maximum Gasteiger partial charge on any atom is 0.0676 e. The number of hydrogen-bond donors (Lipinski definition) is 2. The molecule has 0 radical (unpaired) electrons. The van der Waals surface area contributed by atoms with Gasteiger partial charge in [-0.25, -0.2) is 0 Å². The molecule has 2 nitrogen and oxygen atoms in total. The van der Waals surface area contributed by atoms with E-state index < -0.39 is 0 Å². The second-order valence-electron chi connectivity index (χ2n) is 2.34. The highest BCUT2D eigenvalue weighted by molar-refractivity contribution is 5.14. The highest BCUT2D eigenvalue weighted by Gasteiger charge is 1.91. The molecule has 0 spiro atoms. The fourth-order valence-corrected chi connectivity index (χ4v) is 0.414. The molecule has 2 N–H and O–H groups in total. The molecule has 0 aliphatic rings. The minimum Gasteiger partial charge on any atom is -0.396 e. The smallest absolute Gasteiger partial charge is 0.0676 e. The van der Waals surface area contributed by atoms with Gasteiger partial charge in [-0.2, -0.15) is 0 Å². The predicted octanol–water partition coefficient (Wildman–Crippen LogP) is 0.719. The van der Waals surface area contributed by atoms with Crippen LogP contribution in [-0.4, -0.2) is 23.4 Å². The van der Waals surface area contributed by atoms with E-state index in [1.54, 1.807) is 6.08 Å². The van der Waals surface area contributed by atoms with Crippen molar-refractivity contribution >= 4 is 0 Å². The number of rotatable bonds is 4. The second kappa shape index (κ2) is 5.21. The van der Waals surface area contributed by atoms with Gasteiger partial charge in [-0.1, -0.05) is 25.7 Å². The van der Waals surface area contributed by atoms with E-state index in [4.69, 9.17) is 10.2 Å². The monoisotopic (exact) mass is 142 g/mol. The molecule has 0 aromatic heterocycles. The van der Waals surface area contributed by atoms with Gasteiger partial charge in [0.15, 0.2) is 0 Å². The van der Waals surface area contributed by atoms with Crippen LogP contribution in [0.3, 0.4) is 0 Å². The normalized spacial score (nSPS) is 13.9. The largest absolute Gasteiger partial charge is 0.396 e. The van der Waals surface area contributed by atoms with Gasteiger partial charge in [0.2, 0.25) is 0 Å². The Kier molecular flexibility index (Phi) is 4.89. The van der Waals surface area contributed by atoms with E-state index in [0.29, 0.717) is 5.57 Å². The van der Waals surface area contributed by atoms with Gasteiger partial charge in [0.25, 0.3) is 0 Å². The highest BCUT2D eigenvalue weighted by Crippen LogP contribution is 1.98. The Bertz CT molecular complexity index is 127. The first-order chi connectivity index (χ1) is 4.70. The van der Waals surface area contributed by atoms with Crippen molar-refractivity contribution in [1.29, 1.82) is 0 Å². The van der Waals surface area contributed by atoms with Crippen LogP contribution in [0.2, 0.25) is 0 Å². The topological polar surface area (TPSA) is 40.5 Å². The Balaban J connectivity index is 3.63. The van der Waals surface area contributed by atoms with Gasteiger partial charge in [-0.15, -0.1) is 0 Å². The lowest BCUT2D eigenvalue weighted by atomic mass is 10.1. The summed E-state index contributed by atoms with van der Waals surface area (Å²) >= 11 is 0. The third-order valence-corrected chi connectivity index (χ3v) is 1.15. The molecular formula is C8H14O2. The SMILES string of the molecule is C=C(/C=C/C(C)CO)CO. The van der Waals surface area contributed by atoms with Crippen molar-refractivity contribution in [3.05, 3.63) is 24.3 Å². The number of aliphatic hydroxyl groups is 2. The molecule has 58 valence electrons. The number of aliphatic hydroxyl groups excluding tert-OH is 2. The molecule has 10 heavy (non-hydrogen) atoms. The van der Waals surface area contributed by atoms with E-state index in [-0.39, 0.29) is 19.1 Å². The summed E-state index contributed by atoms with van der Waals surface area (Å²) < 4.78 is 0. The lowest BCUT2D eigenvalue weighted by molar-refractivity contribution is 0.262. The van der Waals surface area contributed by atoms with Crippen LogP contribution in [-0.2, 0) is 0 Å². The van der Waals surface area contributed by atoms with Crippen LogP contribution in [0.25, 0.3) is 0 Å². The van der Waals surface area contributed by atoms with Crippen molar-refractivity contribution in [1.82, 2.24) is 0 Å². The van der Waals surface area contributed by atoms with E-state index in [1.807, 2.05) is 13.0 Å². The van der Waals surface area contributed by atoms with Crippen LogP contribution in [0.4, 0.5) is 0 Å². The zero-order chi connectivity index (χ0) is 7.98. The van der Waals surface area contributed by atoms with E-state index in [9.17, 15) is 0 Å². The third kappa shape index (κ3) is 4.30. The minimum absolute atomic E-state index is 0.0192. The lowest BCUT2D eigenvalue weighted by Gasteiger charge is -1.98. The average Bonchev–Trinajstić information content (AvgIpc) is 1.99. The Morgan fingerprint density at radius 1 is 1.60 bits per heavy atom. The zero-order valence-electron chi connectivity index (χ0n) is 6.25. The molecule has 0 aromatic carbocycles. The predicted molar refractivity (Wildman–Crippen MR) is 41.6 cm³/mol. The van der Waals surface area contributed by atoms with Gasteiger partial charge < -0.3 is 10.2 Å². The Hall–Kier alpha value is -0.600. The molecule has 0 saturated carbocycles. The van der Waals surface area contributed by atoms with E-state index in [1.165, 1.54) is 0 Å². The Morgan fingerprint density at radius 2 is 2.20 bits per heavy atom. The summed E-state index contributed by atoms with van der Waals surface area (Å²) in [6.45, 7) is 5.57. The van der Waals surface area contributed by atoms with Crippen LogP contribution in [0.5, 0.6) is 0 Å². The van der Waals surface area contributed by atoms with Crippen molar-refractivity contribution in [3.8, 4) is 0 Å². The molecule has 2 heteroatoms. The van der Waals surface area contributed by atoms with Crippen LogP contribution in [0, 0.1) is 5.92 Å². The van der Waals surface area contributed by atoms with E-state index in [0.717, 1.165) is 0 Å². The molecule has 0 saturated heterocycles. The fourth-order valence-electron chi connectivity index (χ4n) is 0.414. The molecule has 0 heterocycles. The molecule has 0 amide bonds. The second-order valence-corrected chi connectivity index (χ2v) is 2.34. The first-order valence-electron chi connectivity index (χ1n) is 3.28. The first kappa shape index (κ1) is 9.40. The zero-order valence-corrected chi connectivity index (χ0v) is 6.25. The van der Waals surface area contributed by atoms with Gasteiger partial charge in [0, 0.05) is 6.61 Å². The highest BCUT2D eigenvalue weighted by atomic mass is 16.3. The quantitative estimate of drug-likeness (QED) is 0.568. The van der Waals surface area contributed by atoms with Gasteiger partial charge in [0.1, 0.15) is 0 Å². The minimum atomic E-state index is -0.0192. The van der Waals surface area contributed by atoms with Gasteiger partial charge in [0.05, 0.1) is 6.61 Å². The van der Waals surface area contributed by atoms with Crippen molar-refractivity contribution in [2.24, 2.45) is 5.92 Å². The molecule has 0 aromatic rings. The van der Waals surface area contributed by atoms with Crippen LogP contribution >= 0.6 is 0 Å². The molecule has 0 bridgehead atoms. The average molecular weight is 142 g/mol. The van der Waals surface area contributed by atoms with Crippen molar-refractivity contribution in [3.63, 3.8) is 0 Å².